The van der Waals surface area contributed by atoms with E-state index in [1.54, 1.807) is 0 Å². The first-order valence-electron chi connectivity index (χ1n) is 21.3. The van der Waals surface area contributed by atoms with Gasteiger partial charge in [-0.15, -0.1) is 0 Å². The monoisotopic (exact) mass is 805 g/mol. The van der Waals surface area contributed by atoms with Gasteiger partial charge in [-0.1, -0.05) is 164 Å². The van der Waals surface area contributed by atoms with Gasteiger partial charge in [0.25, 0.3) is 0 Å². The minimum absolute atomic E-state index is 0.582. The Hall–Kier alpha value is -8.41. The fraction of sp³-hybridized carbons (Fsp3) is 0.0172. The highest BCUT2D eigenvalue weighted by atomic mass is 15.0. The van der Waals surface area contributed by atoms with Crippen molar-refractivity contribution in [2.75, 3.05) is 0 Å². The van der Waals surface area contributed by atoms with E-state index in [1.165, 1.54) is 48.6 Å². The minimum Gasteiger partial charge on any atom is -0.309 e. The lowest BCUT2D eigenvalue weighted by atomic mass is 9.98. The Morgan fingerprint density at radius 1 is 0.429 bits per heavy atom. The summed E-state index contributed by atoms with van der Waals surface area (Å²) in [7, 11) is 0. The lowest BCUT2D eigenvalue weighted by molar-refractivity contribution is 1.07. The Balaban J connectivity index is 1.18. The van der Waals surface area contributed by atoms with Gasteiger partial charge in [0.15, 0.2) is 17.5 Å². The molecular formula is C58H39N5. The highest BCUT2D eigenvalue weighted by molar-refractivity contribution is 6.33. The van der Waals surface area contributed by atoms with Crippen LogP contribution < -0.4 is 0 Å². The summed E-state index contributed by atoms with van der Waals surface area (Å²) in [4.78, 5) is 15.4. The molecule has 0 atom stereocenters. The molecule has 3 heterocycles. The normalized spacial score (nSPS) is 11.9. The Morgan fingerprint density at radius 2 is 0.968 bits per heavy atom. The molecule has 0 spiro atoms. The highest BCUT2D eigenvalue weighted by Gasteiger charge is 2.24. The smallest absolute Gasteiger partial charge is 0.164 e. The average molecular weight is 806 g/mol. The lowest BCUT2D eigenvalue weighted by Crippen LogP contribution is -2.03. The second kappa shape index (κ2) is 14.6. The number of aromatic nitrogens is 5. The Kier molecular flexibility index (Phi) is 8.47. The zero-order chi connectivity index (χ0) is 42.0. The number of allylic oxidation sites excluding steroid dienone is 1. The molecular weight excluding hydrogens is 767 g/mol. The van der Waals surface area contributed by atoms with Gasteiger partial charge in [-0.25, -0.2) is 15.0 Å². The van der Waals surface area contributed by atoms with Gasteiger partial charge in [0.05, 0.1) is 22.1 Å². The Labute approximate surface area is 364 Å². The van der Waals surface area contributed by atoms with Gasteiger partial charge in [-0.05, 0) is 88.1 Å². The van der Waals surface area contributed by atoms with Crippen LogP contribution in [0.4, 0.5) is 0 Å². The van der Waals surface area contributed by atoms with Crippen molar-refractivity contribution in [3.05, 3.63) is 212 Å². The van der Waals surface area contributed by atoms with Gasteiger partial charge in [-0.3, -0.25) is 0 Å². The molecule has 0 aliphatic rings. The molecule has 0 aliphatic heterocycles. The van der Waals surface area contributed by atoms with E-state index in [9.17, 15) is 0 Å². The fourth-order valence-corrected chi connectivity index (χ4v) is 9.65. The van der Waals surface area contributed by atoms with Crippen LogP contribution in [-0.4, -0.2) is 24.1 Å². The number of para-hydroxylation sites is 1. The fourth-order valence-electron chi connectivity index (χ4n) is 9.65. The van der Waals surface area contributed by atoms with E-state index >= 15 is 0 Å². The van der Waals surface area contributed by atoms with Crippen LogP contribution in [0.1, 0.15) is 18.1 Å². The van der Waals surface area contributed by atoms with Crippen LogP contribution in [0, 0.1) is 0 Å². The maximum absolute atomic E-state index is 5.20. The van der Waals surface area contributed by atoms with Crippen molar-refractivity contribution in [1.29, 1.82) is 0 Å². The SMILES string of the molecule is C=Cc1c(/C=C\C)cc(-n2c3ccccc3c3c4c5c6ccccc6ccc5n(-c5ccc6ccccc6c5)c4ccc32)cc1-c1nc(-c2ccccc2)nc(-c2ccccc2)n1. The topological polar surface area (TPSA) is 48.5 Å². The van der Waals surface area contributed by atoms with Crippen molar-refractivity contribution in [3.8, 4) is 45.5 Å². The maximum atomic E-state index is 5.20. The zero-order valence-corrected chi connectivity index (χ0v) is 34.6. The molecule has 0 N–H and O–H groups in total. The lowest BCUT2D eigenvalue weighted by Gasteiger charge is -2.16. The van der Waals surface area contributed by atoms with Crippen LogP contribution >= 0.6 is 0 Å². The predicted octanol–water partition coefficient (Wildman–Crippen LogP) is 15.0. The Bertz CT molecular complexity index is 3760. The molecule has 12 aromatic rings. The standard InChI is InChI=1S/C58H39N5/c1-3-17-42-35-44(36-48(45(42)4-2)58-60-56(39-20-7-5-8-21-39)59-57(61-58)40-22-9-6-10-23-40)63-49-27-16-15-26-47(49)54-51(63)32-33-52-55(54)53-46-25-14-13-19-38(46)29-31-50(53)62(52)43-30-28-37-18-11-12-24-41(37)34-43/h3-36H,2H2,1H3/b17-3-. The van der Waals surface area contributed by atoms with Gasteiger partial charge in [0.2, 0.25) is 0 Å². The number of fused-ring (bicyclic) bond motifs is 10. The first-order valence-corrected chi connectivity index (χ1v) is 21.3. The van der Waals surface area contributed by atoms with Gasteiger partial charge < -0.3 is 9.13 Å². The third-order valence-electron chi connectivity index (χ3n) is 12.4. The summed E-state index contributed by atoms with van der Waals surface area (Å²) in [6.07, 6.45) is 6.15. The number of benzene rings is 9. The van der Waals surface area contributed by atoms with Crippen molar-refractivity contribution in [2.24, 2.45) is 0 Å². The second-order valence-electron chi connectivity index (χ2n) is 16.0. The second-order valence-corrected chi connectivity index (χ2v) is 16.0. The summed E-state index contributed by atoms with van der Waals surface area (Å²) in [6, 6.07) is 66.9. The molecule has 3 aromatic heterocycles. The van der Waals surface area contributed by atoms with E-state index in [0.29, 0.717) is 17.5 Å². The maximum Gasteiger partial charge on any atom is 0.164 e. The molecule has 12 rings (SSSR count). The van der Waals surface area contributed by atoms with Crippen LogP contribution in [0.15, 0.2) is 201 Å². The van der Waals surface area contributed by atoms with Crippen LogP contribution in [0.3, 0.4) is 0 Å². The van der Waals surface area contributed by atoms with E-state index in [1.807, 2.05) is 66.7 Å². The largest absolute Gasteiger partial charge is 0.309 e. The van der Waals surface area contributed by atoms with Gasteiger partial charge >= 0.3 is 0 Å². The van der Waals surface area contributed by atoms with Crippen molar-refractivity contribution < 1.29 is 0 Å². The van der Waals surface area contributed by atoms with Crippen LogP contribution in [0.2, 0.25) is 0 Å². The molecule has 5 heteroatoms. The number of nitrogens with zero attached hydrogens (tertiary/aromatic N) is 5. The summed E-state index contributed by atoms with van der Waals surface area (Å²) < 4.78 is 4.86. The number of rotatable bonds is 7. The molecule has 0 unspecified atom stereocenters. The summed E-state index contributed by atoms with van der Waals surface area (Å²) in [5.74, 6) is 1.81. The number of hydrogen-bond acceptors (Lipinski definition) is 3. The third-order valence-corrected chi connectivity index (χ3v) is 12.4. The minimum atomic E-state index is 0.582. The van der Waals surface area contributed by atoms with E-state index in [-0.39, 0.29) is 0 Å². The molecule has 0 aliphatic carbocycles. The van der Waals surface area contributed by atoms with E-state index in [2.05, 4.69) is 162 Å². The van der Waals surface area contributed by atoms with Gasteiger partial charge in [-0.2, -0.15) is 0 Å². The Morgan fingerprint density at radius 3 is 1.67 bits per heavy atom. The van der Waals surface area contributed by atoms with Gasteiger partial charge in [0.1, 0.15) is 0 Å². The average Bonchev–Trinajstić information content (AvgIpc) is 3.87. The zero-order valence-electron chi connectivity index (χ0n) is 34.6. The molecule has 0 bridgehead atoms. The summed E-state index contributed by atoms with van der Waals surface area (Å²) >= 11 is 0. The van der Waals surface area contributed by atoms with Gasteiger partial charge in [0, 0.05) is 49.6 Å². The van der Waals surface area contributed by atoms with Crippen LogP contribution in [0.25, 0.3) is 123 Å². The van der Waals surface area contributed by atoms with E-state index in [4.69, 9.17) is 15.0 Å². The molecule has 5 nitrogen and oxygen atoms in total. The third kappa shape index (κ3) is 5.82. The van der Waals surface area contributed by atoms with Crippen molar-refractivity contribution in [3.63, 3.8) is 0 Å². The first kappa shape index (κ1) is 36.4. The van der Waals surface area contributed by atoms with Crippen LogP contribution in [-0.2, 0) is 0 Å². The summed E-state index contributed by atoms with van der Waals surface area (Å²) in [5.41, 5.74) is 11.4. The van der Waals surface area contributed by atoms with Crippen molar-refractivity contribution in [2.45, 2.75) is 6.92 Å². The molecule has 63 heavy (non-hydrogen) atoms. The highest BCUT2D eigenvalue weighted by Crippen LogP contribution is 2.45. The molecule has 0 saturated carbocycles. The number of hydrogen-bond donors (Lipinski definition) is 0. The molecule has 0 radical (unpaired) electrons. The van der Waals surface area contributed by atoms with Crippen LogP contribution in [0.5, 0.6) is 0 Å². The summed E-state index contributed by atoms with van der Waals surface area (Å²) in [6.45, 7) is 6.38. The van der Waals surface area contributed by atoms with Crippen molar-refractivity contribution in [1.82, 2.24) is 24.1 Å². The van der Waals surface area contributed by atoms with Crippen molar-refractivity contribution >= 4 is 77.3 Å². The summed E-state index contributed by atoms with van der Waals surface area (Å²) in [5, 5.41) is 9.75. The quantitative estimate of drug-likeness (QED) is 0.161. The molecule has 0 saturated heterocycles. The molecule has 0 amide bonds. The van der Waals surface area contributed by atoms with E-state index in [0.717, 1.165) is 55.7 Å². The van der Waals surface area contributed by atoms with E-state index < -0.39 is 0 Å². The molecule has 296 valence electrons. The predicted molar refractivity (Wildman–Crippen MR) is 265 cm³/mol. The first-order chi connectivity index (χ1) is 31.2. The molecule has 0 fully saturated rings. The molecule has 9 aromatic carbocycles.